The van der Waals surface area contributed by atoms with Crippen molar-refractivity contribution >= 4 is 11.9 Å². The van der Waals surface area contributed by atoms with Crippen molar-refractivity contribution in [1.29, 1.82) is 0 Å². The Bertz CT molecular complexity index is 1090. The predicted molar refractivity (Wildman–Crippen MR) is 113 cm³/mol. The third kappa shape index (κ3) is 4.68. The lowest BCUT2D eigenvalue weighted by molar-refractivity contribution is 0.0175. The van der Waals surface area contributed by atoms with E-state index >= 15 is 0 Å². The molecule has 1 aromatic heterocycles. The van der Waals surface area contributed by atoms with Crippen molar-refractivity contribution in [3.8, 4) is 5.88 Å². The molecular formula is C22H26F2N4O4. The Kier molecular flexibility index (Phi) is 5.56. The molecular weight excluding hydrogens is 422 g/mol. The van der Waals surface area contributed by atoms with Crippen molar-refractivity contribution in [2.24, 2.45) is 0 Å². The van der Waals surface area contributed by atoms with E-state index in [4.69, 9.17) is 9.47 Å². The zero-order valence-electron chi connectivity index (χ0n) is 18.3. The lowest BCUT2D eigenvalue weighted by Gasteiger charge is -2.39. The molecule has 0 aliphatic carbocycles. The summed E-state index contributed by atoms with van der Waals surface area (Å²) in [6.45, 7) is 6.91. The Labute approximate surface area is 184 Å². The summed E-state index contributed by atoms with van der Waals surface area (Å²) >= 11 is 0. The normalized spacial score (nSPS) is 17.1. The smallest absolute Gasteiger partial charge is 0.410 e. The second kappa shape index (κ2) is 8.07. The highest BCUT2D eigenvalue weighted by molar-refractivity contribution is 5.68. The first-order valence-electron chi connectivity index (χ1n) is 10.5. The molecule has 2 aliphatic rings. The molecule has 0 saturated carbocycles. The van der Waals surface area contributed by atoms with Crippen LogP contribution in [-0.2, 0) is 17.9 Å². The fourth-order valence-electron chi connectivity index (χ4n) is 3.94. The molecule has 32 heavy (non-hydrogen) atoms. The molecule has 2 aromatic rings. The van der Waals surface area contributed by atoms with Crippen LogP contribution in [0.25, 0.3) is 0 Å². The van der Waals surface area contributed by atoms with E-state index < -0.39 is 22.9 Å². The lowest BCUT2D eigenvalue weighted by atomic mass is 9.88. The number of nitrogens with zero attached hydrogens (tertiary/aromatic N) is 3. The Balaban J connectivity index is 1.40. The summed E-state index contributed by atoms with van der Waals surface area (Å²) < 4.78 is 39.0. The Morgan fingerprint density at radius 3 is 2.56 bits per heavy atom. The third-order valence-corrected chi connectivity index (χ3v) is 5.58. The maximum absolute atomic E-state index is 13.4. The number of ether oxygens (including phenoxy) is 2. The molecule has 1 fully saturated rings. The van der Waals surface area contributed by atoms with E-state index in [2.05, 4.69) is 10.3 Å². The van der Waals surface area contributed by atoms with Gasteiger partial charge in [-0.3, -0.25) is 4.57 Å². The van der Waals surface area contributed by atoms with Gasteiger partial charge in [-0.05, 0) is 51.3 Å². The number of likely N-dealkylation sites (tertiary alicyclic amines) is 1. The van der Waals surface area contributed by atoms with E-state index in [1.165, 1.54) is 6.07 Å². The van der Waals surface area contributed by atoms with Crippen LogP contribution in [-0.4, -0.2) is 44.8 Å². The van der Waals surface area contributed by atoms with E-state index in [0.717, 1.165) is 12.1 Å². The highest BCUT2D eigenvalue weighted by atomic mass is 19.2. The van der Waals surface area contributed by atoms with E-state index in [9.17, 15) is 18.4 Å². The summed E-state index contributed by atoms with van der Waals surface area (Å²) in [5.41, 5.74) is -0.944. The number of anilines is 1. The van der Waals surface area contributed by atoms with Crippen LogP contribution >= 0.6 is 0 Å². The fourth-order valence-corrected chi connectivity index (χ4v) is 3.94. The average molecular weight is 448 g/mol. The largest absolute Gasteiger partial charge is 0.473 e. The summed E-state index contributed by atoms with van der Waals surface area (Å²) in [5, 5.41) is 3.41. The van der Waals surface area contributed by atoms with Crippen LogP contribution in [0.15, 0.2) is 29.1 Å². The highest BCUT2D eigenvalue weighted by Gasteiger charge is 2.42. The zero-order valence-corrected chi connectivity index (χ0v) is 18.3. The van der Waals surface area contributed by atoms with Gasteiger partial charge in [0.15, 0.2) is 11.6 Å². The molecule has 10 heteroatoms. The van der Waals surface area contributed by atoms with Gasteiger partial charge in [0.1, 0.15) is 18.0 Å². The molecule has 8 nitrogen and oxygen atoms in total. The van der Waals surface area contributed by atoms with Crippen LogP contribution in [0.5, 0.6) is 5.88 Å². The first-order chi connectivity index (χ1) is 15.0. The minimum absolute atomic E-state index is 0.0525. The molecule has 0 atom stereocenters. The number of rotatable bonds is 3. The maximum atomic E-state index is 13.4. The summed E-state index contributed by atoms with van der Waals surface area (Å²) in [6.07, 6.45) is 0.964. The highest BCUT2D eigenvalue weighted by Crippen LogP contribution is 2.35. The number of benzene rings is 1. The van der Waals surface area contributed by atoms with Crippen LogP contribution in [0.2, 0.25) is 0 Å². The quantitative estimate of drug-likeness (QED) is 0.776. The maximum Gasteiger partial charge on any atom is 0.410 e. The van der Waals surface area contributed by atoms with Gasteiger partial charge in [-0.15, -0.1) is 0 Å². The van der Waals surface area contributed by atoms with Gasteiger partial charge in [0.2, 0.25) is 5.88 Å². The van der Waals surface area contributed by atoms with Crippen molar-refractivity contribution in [2.45, 2.75) is 57.9 Å². The SMILES string of the molecule is CC(C)(C)OC(=O)N1CCC2(CC1)Cn1c(cc(OCc3ccc(F)c(F)c3)nc1=O)N2. The number of nitrogens with one attached hydrogen (secondary N) is 1. The van der Waals surface area contributed by atoms with Crippen molar-refractivity contribution in [2.75, 3.05) is 18.4 Å². The van der Waals surface area contributed by atoms with Crippen LogP contribution < -0.4 is 15.7 Å². The van der Waals surface area contributed by atoms with Crippen LogP contribution in [0.3, 0.4) is 0 Å². The van der Waals surface area contributed by atoms with Gasteiger partial charge in [0.05, 0.1) is 12.1 Å². The molecule has 4 rings (SSSR count). The minimum atomic E-state index is -0.964. The second-order valence-corrected chi connectivity index (χ2v) is 9.26. The van der Waals surface area contributed by atoms with Gasteiger partial charge in [-0.2, -0.15) is 4.98 Å². The molecule has 1 amide bonds. The second-order valence-electron chi connectivity index (χ2n) is 9.26. The van der Waals surface area contributed by atoms with Crippen LogP contribution in [0, 0.1) is 11.6 Å². The topological polar surface area (TPSA) is 85.7 Å². The summed E-state index contributed by atoms with van der Waals surface area (Å²) in [6, 6.07) is 5.09. The van der Waals surface area contributed by atoms with Gasteiger partial charge in [-0.1, -0.05) is 6.07 Å². The van der Waals surface area contributed by atoms with Gasteiger partial charge < -0.3 is 19.7 Å². The first-order valence-corrected chi connectivity index (χ1v) is 10.5. The summed E-state index contributed by atoms with van der Waals surface area (Å²) in [4.78, 5) is 30.5. The number of hydrogen-bond acceptors (Lipinski definition) is 6. The molecule has 2 aliphatic heterocycles. The number of amides is 1. The Hall–Kier alpha value is -3.17. The van der Waals surface area contributed by atoms with E-state index in [0.29, 0.717) is 43.9 Å². The Morgan fingerprint density at radius 2 is 1.91 bits per heavy atom. The number of carbonyl (C=O) groups is 1. The number of carbonyl (C=O) groups excluding carboxylic acids is 1. The van der Waals surface area contributed by atoms with E-state index in [-0.39, 0.29) is 24.1 Å². The van der Waals surface area contributed by atoms with Crippen molar-refractivity contribution < 1.29 is 23.0 Å². The van der Waals surface area contributed by atoms with Gasteiger partial charge in [0, 0.05) is 19.2 Å². The lowest BCUT2D eigenvalue weighted by Crippen LogP contribution is -2.51. The predicted octanol–water partition coefficient (Wildman–Crippen LogP) is 3.30. The van der Waals surface area contributed by atoms with Crippen molar-refractivity contribution in [3.05, 3.63) is 51.9 Å². The molecule has 1 saturated heterocycles. The van der Waals surface area contributed by atoms with Crippen molar-refractivity contribution in [3.63, 3.8) is 0 Å². The molecule has 0 unspecified atom stereocenters. The zero-order chi connectivity index (χ0) is 23.1. The minimum Gasteiger partial charge on any atom is -0.473 e. The molecule has 0 radical (unpaired) electrons. The number of hydrogen-bond donors (Lipinski definition) is 1. The van der Waals surface area contributed by atoms with E-state index in [1.807, 2.05) is 20.8 Å². The molecule has 3 heterocycles. The number of halogens is 2. The van der Waals surface area contributed by atoms with Crippen LogP contribution in [0.4, 0.5) is 19.4 Å². The molecule has 172 valence electrons. The first kappa shape index (κ1) is 22.0. The van der Waals surface area contributed by atoms with Crippen molar-refractivity contribution in [1.82, 2.24) is 14.5 Å². The summed E-state index contributed by atoms with van der Waals surface area (Å²) in [5.74, 6) is -1.22. The molecule has 1 aromatic carbocycles. The van der Waals surface area contributed by atoms with Crippen LogP contribution in [0.1, 0.15) is 39.2 Å². The molecule has 0 bridgehead atoms. The summed E-state index contributed by atoms with van der Waals surface area (Å²) in [7, 11) is 0. The fraction of sp³-hybridized carbons (Fsp3) is 0.500. The van der Waals surface area contributed by atoms with Gasteiger partial charge >= 0.3 is 11.8 Å². The van der Waals surface area contributed by atoms with E-state index in [1.54, 1.807) is 15.5 Å². The van der Waals surface area contributed by atoms with Gasteiger partial charge in [-0.25, -0.2) is 18.4 Å². The van der Waals surface area contributed by atoms with Gasteiger partial charge in [0.25, 0.3) is 0 Å². The number of piperidine rings is 1. The monoisotopic (exact) mass is 448 g/mol. The molecule has 1 spiro atoms. The number of fused-ring (bicyclic) bond motifs is 1. The standard InChI is InChI=1S/C22H26F2N4O4/c1-21(2,3)32-20(30)27-8-6-22(7-9-27)13-28-17(26-22)11-18(25-19(28)29)31-12-14-4-5-15(23)16(24)10-14/h4-5,10-11,26H,6-9,12-13H2,1-3H3. The third-order valence-electron chi connectivity index (χ3n) is 5.58. The number of aromatic nitrogens is 2. The average Bonchev–Trinajstić information content (AvgIpc) is 3.06. The molecule has 1 N–H and O–H groups in total. The Morgan fingerprint density at radius 1 is 1.19 bits per heavy atom.